The Bertz CT molecular complexity index is 38.0. The van der Waals surface area contributed by atoms with Crippen molar-refractivity contribution in [3.63, 3.8) is 0 Å². The summed E-state index contributed by atoms with van der Waals surface area (Å²) < 4.78 is 0. The monoisotopic (exact) mass is 400 g/mol. The summed E-state index contributed by atoms with van der Waals surface area (Å²) in [6.07, 6.45) is 0. The second kappa shape index (κ2) is 7100. The quantitative estimate of drug-likeness (QED) is 0.304. The number of rotatable bonds is 0. The van der Waals surface area contributed by atoms with E-state index in [4.69, 9.17) is 28.8 Å². The predicted molar refractivity (Wildman–Crippen MR) is 53.3 cm³/mol. The fourth-order valence-electron chi connectivity index (χ4n) is 0. The van der Waals surface area contributed by atoms with E-state index in [1.807, 2.05) is 0 Å². The Balaban J connectivity index is -0.00000000321. The van der Waals surface area contributed by atoms with Crippen LogP contribution in [0.5, 0.6) is 0 Å². The van der Waals surface area contributed by atoms with E-state index in [1.54, 1.807) is 0 Å². The summed E-state index contributed by atoms with van der Waals surface area (Å²) in [5.74, 6) is 0. The zero-order chi connectivity index (χ0) is 12.0. The van der Waals surface area contributed by atoms with Crippen LogP contribution in [0.3, 0.4) is 0 Å². The van der Waals surface area contributed by atoms with Crippen LogP contribution < -0.4 is 0 Å². The first-order valence-electron chi connectivity index (χ1n) is 1.41. The predicted octanol–water partition coefficient (Wildman–Crippen LogP) is -0.749. The molecular weight excluding hydrogens is 384 g/mol. The van der Waals surface area contributed by atoms with Gasteiger partial charge in [0.05, 0.1) is 0 Å². The van der Waals surface area contributed by atoms with Gasteiger partial charge in [-0.1, -0.05) is 0 Å². The van der Waals surface area contributed by atoms with E-state index in [-0.39, 0.29) is 57.0 Å². The first kappa shape index (κ1) is 110. The maximum absolute atomic E-state index is 7.75. The first-order chi connectivity index (χ1) is 6.00. The van der Waals surface area contributed by atoms with Gasteiger partial charge in [-0.3, -0.25) is 40.7 Å². The topological polar surface area (TPSA) is 102 Å². The molecule has 0 aliphatic heterocycles. The van der Waals surface area contributed by atoms with Crippen molar-refractivity contribution >= 4 is 40.7 Å². The molecule has 0 unspecified atom stereocenters. The van der Waals surface area contributed by atoms with Crippen LogP contribution in [-0.2, 0) is 70.9 Å². The molecule has 16 heavy (non-hydrogen) atoms. The molecule has 0 spiro atoms. The molecule has 0 rings (SSSR count). The van der Waals surface area contributed by atoms with Gasteiger partial charge >= 0.3 is 42.1 Å². The molecule has 0 N–H and O–H groups in total. The van der Waals surface area contributed by atoms with Gasteiger partial charge in [0.15, 0.2) is 0 Å². The van der Waals surface area contributed by atoms with E-state index < -0.39 is 0 Å². The van der Waals surface area contributed by atoms with Gasteiger partial charge in [0.2, 0.25) is 0 Å². The van der Waals surface area contributed by atoms with E-state index in [9.17, 15) is 0 Å². The Hall–Kier alpha value is -0.603. The summed E-state index contributed by atoms with van der Waals surface area (Å²) >= 11 is 0. The van der Waals surface area contributed by atoms with Crippen molar-refractivity contribution in [3.05, 3.63) is 14.9 Å². The van der Waals surface area contributed by atoms with Crippen molar-refractivity contribution in [3.8, 4) is 0 Å². The van der Waals surface area contributed by atoms with Crippen molar-refractivity contribution in [2.75, 3.05) is 0 Å². The Labute approximate surface area is 126 Å². The standard InChI is InChI=1S/6CHO.2CH3.2Mo/c6*1-2;;;;/h6*1H;2*1H3;;/q8*-1;2*+4. The SMILES string of the molecule is [CH-]=O.[CH-]=O.[CH-]=O.[CH-]=O.[CH-]=O.[CH-]=O.[CH3-].[CH3-].[Mo+4].[Mo+4]. The summed E-state index contributed by atoms with van der Waals surface area (Å²) in [6.45, 7) is 19.5. The zero-order valence-corrected chi connectivity index (χ0v) is 12.7. The second-order valence-corrected chi connectivity index (χ2v) is 0. The molecule has 0 atom stereocenters. The minimum Gasteiger partial charge on any atom is -0.545 e. The second-order valence-electron chi connectivity index (χ2n) is 0. The van der Waals surface area contributed by atoms with Crippen LogP contribution in [0.15, 0.2) is 0 Å². The van der Waals surface area contributed by atoms with Gasteiger partial charge in [0, 0.05) is 0 Å². The third kappa shape index (κ3) is 5650. The summed E-state index contributed by atoms with van der Waals surface area (Å²) in [5, 5.41) is 0. The molecule has 8 heteroatoms. The maximum Gasteiger partial charge on any atom is 4.00 e. The molecular formula is C8H12Mo2O6. The molecule has 92 valence electrons. The van der Waals surface area contributed by atoms with Crippen LogP contribution in [-0.4, -0.2) is 40.7 Å². The van der Waals surface area contributed by atoms with Gasteiger partial charge in [-0.15, -0.1) is 0 Å². The Kier molecular flexibility index (Phi) is 48600. The van der Waals surface area contributed by atoms with Gasteiger partial charge in [-0.2, -0.15) is 0 Å². The molecule has 6 nitrogen and oxygen atoms in total. The third-order valence-electron chi connectivity index (χ3n) is 0. The van der Waals surface area contributed by atoms with E-state index in [0.717, 1.165) is 0 Å². The van der Waals surface area contributed by atoms with Crippen LogP contribution in [0.2, 0.25) is 0 Å². The van der Waals surface area contributed by atoms with Crippen LogP contribution in [0, 0.1) is 14.9 Å². The fourth-order valence-corrected chi connectivity index (χ4v) is 0. The van der Waals surface area contributed by atoms with Gasteiger partial charge < -0.3 is 43.6 Å². The molecule has 0 aromatic carbocycles. The van der Waals surface area contributed by atoms with E-state index in [0.29, 0.717) is 0 Å². The van der Waals surface area contributed by atoms with Crippen LogP contribution in [0.4, 0.5) is 0 Å². The van der Waals surface area contributed by atoms with Crippen molar-refractivity contribution in [1.29, 1.82) is 0 Å². The minimum atomic E-state index is 0. The summed E-state index contributed by atoms with van der Waals surface area (Å²) in [4.78, 5) is 46.5. The largest absolute Gasteiger partial charge is 4.00 e. The average molecular weight is 396 g/mol. The van der Waals surface area contributed by atoms with E-state index >= 15 is 0 Å². The third-order valence-corrected chi connectivity index (χ3v) is 0. The van der Waals surface area contributed by atoms with Crippen LogP contribution >= 0.6 is 0 Å². The molecule has 0 saturated carbocycles. The van der Waals surface area contributed by atoms with Gasteiger partial charge in [-0.05, 0) is 0 Å². The Morgan fingerprint density at radius 2 is 0.312 bits per heavy atom. The molecule has 0 fully saturated rings. The smallest absolute Gasteiger partial charge is 0.545 e. The summed E-state index contributed by atoms with van der Waals surface area (Å²) in [6, 6.07) is 0. The number of hydrogen-bond donors (Lipinski definition) is 0. The molecule has 0 bridgehead atoms. The normalized spacial score (nSPS) is 1.50. The first-order valence-corrected chi connectivity index (χ1v) is 1.41. The van der Waals surface area contributed by atoms with Crippen LogP contribution in [0.25, 0.3) is 0 Å². The summed E-state index contributed by atoms with van der Waals surface area (Å²) in [5.41, 5.74) is 0. The Morgan fingerprint density at radius 3 is 0.312 bits per heavy atom. The number of carbonyl (C=O) groups excluding carboxylic acids is 6. The molecule has 0 aromatic heterocycles. The molecule has 0 radical (unpaired) electrons. The molecule has 0 aliphatic rings. The fraction of sp³-hybridized carbons (Fsp3) is 0. The van der Waals surface area contributed by atoms with E-state index in [2.05, 4.69) is 40.7 Å². The van der Waals surface area contributed by atoms with Crippen molar-refractivity contribution < 1.29 is 70.9 Å². The Morgan fingerprint density at radius 1 is 0.312 bits per heavy atom. The average Bonchev–Trinajstić information content (AvgIpc) is 2.33. The van der Waals surface area contributed by atoms with Gasteiger partial charge in [-0.25, -0.2) is 0 Å². The zero-order valence-electron chi connectivity index (χ0n) is 8.73. The van der Waals surface area contributed by atoms with Crippen LogP contribution in [0.1, 0.15) is 0 Å². The molecule has 0 saturated heterocycles. The molecule has 0 heterocycles. The minimum absolute atomic E-state index is 0. The van der Waals surface area contributed by atoms with Gasteiger partial charge in [0.25, 0.3) is 0 Å². The summed E-state index contributed by atoms with van der Waals surface area (Å²) in [7, 11) is 0. The van der Waals surface area contributed by atoms with Crippen molar-refractivity contribution in [1.82, 2.24) is 0 Å². The maximum atomic E-state index is 7.75. The van der Waals surface area contributed by atoms with E-state index in [1.165, 1.54) is 0 Å². The number of hydrogen-bond acceptors (Lipinski definition) is 6. The van der Waals surface area contributed by atoms with Crippen molar-refractivity contribution in [2.45, 2.75) is 0 Å². The van der Waals surface area contributed by atoms with Crippen molar-refractivity contribution in [2.24, 2.45) is 0 Å². The molecule has 0 aliphatic carbocycles. The van der Waals surface area contributed by atoms with Gasteiger partial charge in [0.1, 0.15) is 0 Å². The molecule has 0 aromatic rings. The molecule has 0 amide bonds.